The number of thiophene rings is 1. The highest BCUT2D eigenvalue weighted by molar-refractivity contribution is 7.10. The molecule has 1 aromatic rings. The van der Waals surface area contributed by atoms with E-state index in [1.54, 1.807) is 11.3 Å². The molecule has 1 aliphatic rings. The van der Waals surface area contributed by atoms with Gasteiger partial charge >= 0.3 is 0 Å². The van der Waals surface area contributed by atoms with Crippen LogP contribution >= 0.6 is 11.3 Å². The molecule has 3 nitrogen and oxygen atoms in total. The fourth-order valence-corrected chi connectivity index (χ4v) is 3.50. The third-order valence-electron chi connectivity index (χ3n) is 3.45. The van der Waals surface area contributed by atoms with Gasteiger partial charge in [0.2, 0.25) is 5.91 Å². The van der Waals surface area contributed by atoms with E-state index in [4.69, 9.17) is 5.73 Å². The van der Waals surface area contributed by atoms with Crippen molar-refractivity contribution in [1.82, 2.24) is 4.90 Å². The highest BCUT2D eigenvalue weighted by Crippen LogP contribution is 2.34. The summed E-state index contributed by atoms with van der Waals surface area (Å²) in [6, 6.07) is 4.09. The Morgan fingerprint density at radius 2 is 2.39 bits per heavy atom. The van der Waals surface area contributed by atoms with Crippen LogP contribution in [0.3, 0.4) is 0 Å². The minimum atomic E-state index is -0.342. The monoisotopic (exact) mass is 266 g/mol. The molecule has 1 aromatic heterocycles. The van der Waals surface area contributed by atoms with E-state index in [0.29, 0.717) is 5.92 Å². The second kappa shape index (κ2) is 5.85. The lowest BCUT2D eigenvalue weighted by atomic mass is 10.0. The molecule has 0 aliphatic carbocycles. The molecule has 0 saturated carbocycles. The molecule has 2 heterocycles. The molecule has 2 rings (SSSR count). The Morgan fingerprint density at radius 3 is 3.00 bits per heavy atom. The van der Waals surface area contributed by atoms with Crippen LogP contribution in [0.2, 0.25) is 0 Å². The maximum atomic E-state index is 12.4. The molecule has 18 heavy (non-hydrogen) atoms. The molecular weight excluding hydrogens is 244 g/mol. The van der Waals surface area contributed by atoms with Crippen molar-refractivity contribution in [2.75, 3.05) is 6.54 Å². The van der Waals surface area contributed by atoms with Crippen LogP contribution < -0.4 is 5.73 Å². The van der Waals surface area contributed by atoms with E-state index in [-0.39, 0.29) is 18.0 Å². The van der Waals surface area contributed by atoms with E-state index < -0.39 is 0 Å². The molecule has 1 aliphatic heterocycles. The van der Waals surface area contributed by atoms with Crippen LogP contribution in [0.1, 0.15) is 44.0 Å². The van der Waals surface area contributed by atoms with Crippen molar-refractivity contribution >= 4 is 17.2 Å². The average molecular weight is 266 g/mol. The van der Waals surface area contributed by atoms with Gasteiger partial charge in [0.15, 0.2) is 0 Å². The number of carbonyl (C=O) groups is 1. The van der Waals surface area contributed by atoms with Crippen molar-refractivity contribution in [3.63, 3.8) is 0 Å². The number of carbonyl (C=O) groups excluding carboxylic acids is 1. The van der Waals surface area contributed by atoms with Gasteiger partial charge in [0.05, 0.1) is 12.1 Å². The maximum Gasteiger partial charge on any atom is 0.240 e. The first-order valence-electron chi connectivity index (χ1n) is 6.69. The number of rotatable bonds is 4. The van der Waals surface area contributed by atoms with Crippen molar-refractivity contribution in [3.8, 4) is 0 Å². The first kappa shape index (κ1) is 13.6. The van der Waals surface area contributed by atoms with Gasteiger partial charge in [0.1, 0.15) is 0 Å². The summed E-state index contributed by atoms with van der Waals surface area (Å²) in [5.74, 6) is 0.589. The molecule has 0 aromatic carbocycles. The molecule has 2 unspecified atom stereocenters. The van der Waals surface area contributed by atoms with Crippen molar-refractivity contribution in [2.24, 2.45) is 11.7 Å². The SMILES string of the molecule is CC(C)CC(N)C(=O)N1CCCC1c1cccs1. The van der Waals surface area contributed by atoms with E-state index in [2.05, 4.69) is 31.4 Å². The van der Waals surface area contributed by atoms with Gasteiger partial charge in [-0.25, -0.2) is 0 Å². The molecule has 1 fully saturated rings. The second-order valence-corrected chi connectivity index (χ2v) is 6.42. The van der Waals surface area contributed by atoms with Crippen LogP contribution in [0.15, 0.2) is 17.5 Å². The zero-order chi connectivity index (χ0) is 13.1. The van der Waals surface area contributed by atoms with E-state index in [0.717, 1.165) is 25.8 Å². The summed E-state index contributed by atoms with van der Waals surface area (Å²) in [6.07, 6.45) is 2.93. The Kier molecular flexibility index (Phi) is 4.40. The minimum Gasteiger partial charge on any atom is -0.333 e. The van der Waals surface area contributed by atoms with Gasteiger partial charge in [-0.3, -0.25) is 4.79 Å². The lowest BCUT2D eigenvalue weighted by Gasteiger charge is -2.27. The molecule has 0 radical (unpaired) electrons. The summed E-state index contributed by atoms with van der Waals surface area (Å²) in [4.78, 5) is 15.7. The summed E-state index contributed by atoms with van der Waals surface area (Å²) in [6.45, 7) is 5.06. The fraction of sp³-hybridized carbons (Fsp3) is 0.643. The normalized spacial score (nSPS) is 21.6. The largest absolute Gasteiger partial charge is 0.333 e. The predicted octanol–water partition coefficient (Wildman–Crippen LogP) is 2.79. The van der Waals surface area contributed by atoms with Crippen molar-refractivity contribution in [2.45, 2.75) is 45.2 Å². The minimum absolute atomic E-state index is 0.125. The van der Waals surface area contributed by atoms with Crippen molar-refractivity contribution < 1.29 is 4.79 Å². The Bertz CT molecular complexity index is 389. The Hall–Kier alpha value is -0.870. The van der Waals surface area contributed by atoms with Crippen LogP contribution in [-0.4, -0.2) is 23.4 Å². The van der Waals surface area contributed by atoms with Gasteiger partial charge in [0.25, 0.3) is 0 Å². The third-order valence-corrected chi connectivity index (χ3v) is 4.42. The van der Waals surface area contributed by atoms with E-state index in [1.165, 1.54) is 4.88 Å². The van der Waals surface area contributed by atoms with Crippen LogP contribution in [0, 0.1) is 5.92 Å². The average Bonchev–Trinajstić information content (AvgIpc) is 2.97. The number of hydrogen-bond donors (Lipinski definition) is 1. The molecular formula is C14H22N2OS. The highest BCUT2D eigenvalue weighted by Gasteiger charge is 2.33. The van der Waals surface area contributed by atoms with Gasteiger partial charge in [-0.1, -0.05) is 19.9 Å². The van der Waals surface area contributed by atoms with Gasteiger partial charge in [0, 0.05) is 11.4 Å². The zero-order valence-electron chi connectivity index (χ0n) is 11.1. The van der Waals surface area contributed by atoms with Crippen molar-refractivity contribution in [1.29, 1.82) is 0 Å². The van der Waals surface area contributed by atoms with Crippen LogP contribution in [0.25, 0.3) is 0 Å². The topological polar surface area (TPSA) is 46.3 Å². The van der Waals surface area contributed by atoms with Crippen LogP contribution in [0.4, 0.5) is 0 Å². The number of likely N-dealkylation sites (tertiary alicyclic amines) is 1. The van der Waals surface area contributed by atoms with Gasteiger partial charge in [-0.05, 0) is 36.6 Å². The number of nitrogens with zero attached hydrogens (tertiary/aromatic N) is 1. The summed E-state index contributed by atoms with van der Waals surface area (Å²) in [5, 5.41) is 2.07. The molecule has 0 bridgehead atoms. The number of amides is 1. The maximum absolute atomic E-state index is 12.4. The van der Waals surface area contributed by atoms with E-state index in [9.17, 15) is 4.79 Å². The third kappa shape index (κ3) is 2.93. The standard InChI is InChI=1S/C14H22N2OS/c1-10(2)9-11(15)14(17)16-7-3-5-12(16)13-6-4-8-18-13/h4,6,8,10-12H,3,5,7,9,15H2,1-2H3. The van der Waals surface area contributed by atoms with Crippen molar-refractivity contribution in [3.05, 3.63) is 22.4 Å². The predicted molar refractivity (Wildman–Crippen MR) is 75.4 cm³/mol. The second-order valence-electron chi connectivity index (χ2n) is 5.44. The van der Waals surface area contributed by atoms with Crippen LogP contribution in [0.5, 0.6) is 0 Å². The van der Waals surface area contributed by atoms with Gasteiger partial charge < -0.3 is 10.6 Å². The van der Waals surface area contributed by atoms with E-state index in [1.807, 2.05) is 4.90 Å². The smallest absolute Gasteiger partial charge is 0.240 e. The van der Waals surface area contributed by atoms with Gasteiger partial charge in [-0.15, -0.1) is 11.3 Å². The molecule has 1 saturated heterocycles. The zero-order valence-corrected chi connectivity index (χ0v) is 12.0. The molecule has 2 N–H and O–H groups in total. The summed E-state index contributed by atoms with van der Waals surface area (Å²) in [5.41, 5.74) is 6.03. The first-order chi connectivity index (χ1) is 8.59. The Morgan fingerprint density at radius 1 is 1.61 bits per heavy atom. The molecule has 1 amide bonds. The summed E-state index contributed by atoms with van der Waals surface area (Å²) in [7, 11) is 0. The van der Waals surface area contributed by atoms with Crippen LogP contribution in [-0.2, 0) is 4.79 Å². The first-order valence-corrected chi connectivity index (χ1v) is 7.57. The fourth-order valence-electron chi connectivity index (χ4n) is 2.63. The molecule has 4 heteroatoms. The summed E-state index contributed by atoms with van der Waals surface area (Å²) < 4.78 is 0. The molecule has 2 atom stereocenters. The Labute approximate surface area is 113 Å². The van der Waals surface area contributed by atoms with E-state index >= 15 is 0 Å². The lowest BCUT2D eigenvalue weighted by Crippen LogP contribution is -2.43. The highest BCUT2D eigenvalue weighted by atomic mass is 32.1. The Balaban J connectivity index is 2.05. The lowest BCUT2D eigenvalue weighted by molar-refractivity contribution is -0.133. The molecule has 0 spiro atoms. The summed E-state index contributed by atoms with van der Waals surface area (Å²) >= 11 is 1.73. The van der Waals surface area contributed by atoms with Gasteiger partial charge in [-0.2, -0.15) is 0 Å². The quantitative estimate of drug-likeness (QED) is 0.911. The number of nitrogens with two attached hydrogens (primary N) is 1. The molecule has 100 valence electrons. The number of hydrogen-bond acceptors (Lipinski definition) is 3.